The summed E-state index contributed by atoms with van der Waals surface area (Å²) in [6.45, 7) is 0.395. The highest BCUT2D eigenvalue weighted by molar-refractivity contribution is 6.29. The number of carbonyl (C=O) groups excluding carboxylic acids is 1. The van der Waals surface area contributed by atoms with Crippen molar-refractivity contribution < 1.29 is 14.3 Å². The van der Waals surface area contributed by atoms with E-state index in [-0.39, 0.29) is 24.1 Å². The molecular formula is C13H11ClN2O3. The minimum atomic E-state index is -0.577. The van der Waals surface area contributed by atoms with Crippen LogP contribution in [0.25, 0.3) is 0 Å². The molecule has 0 saturated carbocycles. The van der Waals surface area contributed by atoms with Crippen LogP contribution in [0.4, 0.5) is 0 Å². The van der Waals surface area contributed by atoms with Crippen LogP contribution in [0.1, 0.15) is 10.5 Å². The number of ether oxygens (including phenoxy) is 2. The van der Waals surface area contributed by atoms with Crippen LogP contribution >= 0.6 is 11.6 Å². The first kappa shape index (κ1) is 13.3. The molecule has 1 heterocycles. The van der Waals surface area contributed by atoms with Gasteiger partial charge in [-0.2, -0.15) is 0 Å². The highest BCUT2D eigenvalue weighted by Crippen LogP contribution is 2.08. The fraction of sp³-hybridized carbons (Fsp3) is 0.154. The number of hydrogen-bond acceptors (Lipinski definition) is 5. The molecule has 2 rings (SSSR count). The fourth-order valence-electron chi connectivity index (χ4n) is 1.33. The van der Waals surface area contributed by atoms with Crippen LogP contribution in [0.2, 0.25) is 5.15 Å². The van der Waals surface area contributed by atoms with Crippen LogP contribution in [0.3, 0.4) is 0 Å². The molecule has 98 valence electrons. The lowest BCUT2D eigenvalue weighted by atomic mass is 10.3. The molecule has 0 unspecified atom stereocenters. The van der Waals surface area contributed by atoms with Crippen LogP contribution in [0, 0.1) is 0 Å². The van der Waals surface area contributed by atoms with Crippen LogP contribution in [-0.2, 0) is 4.74 Å². The summed E-state index contributed by atoms with van der Waals surface area (Å²) >= 11 is 5.62. The van der Waals surface area contributed by atoms with Gasteiger partial charge in [-0.3, -0.25) is 4.98 Å². The van der Waals surface area contributed by atoms with Gasteiger partial charge in [0.1, 0.15) is 24.1 Å². The summed E-state index contributed by atoms with van der Waals surface area (Å²) in [7, 11) is 0. The van der Waals surface area contributed by atoms with Gasteiger partial charge in [-0.25, -0.2) is 9.78 Å². The van der Waals surface area contributed by atoms with E-state index in [1.165, 1.54) is 12.4 Å². The van der Waals surface area contributed by atoms with Crippen molar-refractivity contribution in [2.45, 2.75) is 0 Å². The zero-order valence-corrected chi connectivity index (χ0v) is 10.7. The summed E-state index contributed by atoms with van der Waals surface area (Å²) in [5.74, 6) is 0.146. The predicted octanol–water partition coefficient (Wildman–Crippen LogP) is 2.37. The van der Waals surface area contributed by atoms with Gasteiger partial charge >= 0.3 is 5.97 Å². The summed E-state index contributed by atoms with van der Waals surface area (Å²) in [6, 6.07) is 9.27. The standard InChI is InChI=1S/C13H11ClN2O3/c14-12-9-15-8-11(16-12)13(17)19-7-6-18-10-4-2-1-3-5-10/h1-5,8-9H,6-7H2. The molecule has 2 aromatic rings. The molecule has 0 bridgehead atoms. The zero-order chi connectivity index (χ0) is 13.5. The molecule has 0 fully saturated rings. The summed E-state index contributed by atoms with van der Waals surface area (Å²) in [6.07, 6.45) is 2.64. The zero-order valence-electron chi connectivity index (χ0n) is 9.95. The number of carbonyl (C=O) groups is 1. The Morgan fingerprint density at radius 3 is 2.68 bits per heavy atom. The Kier molecular flexibility index (Phi) is 4.69. The smallest absolute Gasteiger partial charge is 0.358 e. The van der Waals surface area contributed by atoms with Crippen LogP contribution in [-0.4, -0.2) is 29.2 Å². The maximum atomic E-state index is 11.6. The van der Waals surface area contributed by atoms with Gasteiger partial charge < -0.3 is 9.47 Å². The molecule has 1 aromatic heterocycles. The van der Waals surface area contributed by atoms with Crippen LogP contribution in [0.5, 0.6) is 5.75 Å². The number of nitrogens with zero attached hydrogens (tertiary/aromatic N) is 2. The van der Waals surface area contributed by atoms with E-state index in [4.69, 9.17) is 21.1 Å². The normalized spacial score (nSPS) is 9.95. The van der Waals surface area contributed by atoms with E-state index in [2.05, 4.69) is 9.97 Å². The lowest BCUT2D eigenvalue weighted by Crippen LogP contribution is -2.13. The van der Waals surface area contributed by atoms with Gasteiger partial charge in [0.25, 0.3) is 0 Å². The van der Waals surface area contributed by atoms with Gasteiger partial charge in [0, 0.05) is 0 Å². The monoisotopic (exact) mass is 278 g/mol. The number of aromatic nitrogens is 2. The molecule has 0 atom stereocenters. The lowest BCUT2D eigenvalue weighted by Gasteiger charge is -2.06. The number of para-hydroxylation sites is 1. The molecule has 5 nitrogen and oxygen atoms in total. The maximum Gasteiger partial charge on any atom is 0.358 e. The SMILES string of the molecule is O=C(OCCOc1ccccc1)c1cncc(Cl)n1. The average Bonchev–Trinajstić information content (AvgIpc) is 2.44. The summed E-state index contributed by atoms with van der Waals surface area (Å²) in [5, 5.41) is 0.148. The lowest BCUT2D eigenvalue weighted by molar-refractivity contribution is 0.0443. The summed E-state index contributed by atoms with van der Waals surface area (Å²) in [4.78, 5) is 19.1. The molecule has 6 heteroatoms. The number of hydrogen-bond donors (Lipinski definition) is 0. The molecule has 0 spiro atoms. The molecule has 0 N–H and O–H groups in total. The van der Waals surface area contributed by atoms with Crippen molar-refractivity contribution in [3.63, 3.8) is 0 Å². The molecular weight excluding hydrogens is 268 g/mol. The van der Waals surface area contributed by atoms with Gasteiger partial charge in [-0.05, 0) is 12.1 Å². The van der Waals surface area contributed by atoms with Crippen molar-refractivity contribution in [3.8, 4) is 5.75 Å². The van der Waals surface area contributed by atoms with Crippen molar-refractivity contribution >= 4 is 17.6 Å². The van der Waals surface area contributed by atoms with Crippen molar-refractivity contribution in [1.82, 2.24) is 9.97 Å². The van der Waals surface area contributed by atoms with Gasteiger partial charge in [0.05, 0.1) is 12.4 Å². The minimum absolute atomic E-state index is 0.0761. The molecule has 0 aliphatic rings. The second-order valence-corrected chi connectivity index (χ2v) is 3.91. The first-order valence-corrected chi connectivity index (χ1v) is 5.96. The van der Waals surface area contributed by atoms with E-state index in [0.717, 1.165) is 5.75 Å². The third-order valence-corrected chi connectivity index (χ3v) is 2.32. The third-order valence-electron chi connectivity index (χ3n) is 2.14. The van der Waals surface area contributed by atoms with Gasteiger partial charge in [-0.15, -0.1) is 0 Å². The molecule has 0 saturated heterocycles. The third kappa shape index (κ3) is 4.22. The van der Waals surface area contributed by atoms with E-state index < -0.39 is 5.97 Å². The molecule has 0 aliphatic heterocycles. The number of benzene rings is 1. The maximum absolute atomic E-state index is 11.6. The van der Waals surface area contributed by atoms with E-state index in [9.17, 15) is 4.79 Å². The Balaban J connectivity index is 1.75. The van der Waals surface area contributed by atoms with Crippen molar-refractivity contribution in [3.05, 3.63) is 53.6 Å². The van der Waals surface area contributed by atoms with Gasteiger partial charge in [0.2, 0.25) is 0 Å². The summed E-state index contributed by atoms with van der Waals surface area (Å²) < 4.78 is 10.4. The quantitative estimate of drug-likeness (QED) is 0.621. The Hall–Kier alpha value is -2.14. The Morgan fingerprint density at radius 2 is 1.95 bits per heavy atom. The number of rotatable bonds is 5. The van der Waals surface area contributed by atoms with Crippen molar-refractivity contribution in [2.75, 3.05) is 13.2 Å². The number of esters is 1. The van der Waals surface area contributed by atoms with Crippen molar-refractivity contribution in [2.24, 2.45) is 0 Å². The average molecular weight is 279 g/mol. The topological polar surface area (TPSA) is 61.3 Å². The van der Waals surface area contributed by atoms with Gasteiger partial charge in [-0.1, -0.05) is 29.8 Å². The minimum Gasteiger partial charge on any atom is -0.490 e. The predicted molar refractivity (Wildman–Crippen MR) is 69.3 cm³/mol. The second-order valence-electron chi connectivity index (χ2n) is 3.52. The highest BCUT2D eigenvalue weighted by Gasteiger charge is 2.09. The van der Waals surface area contributed by atoms with Gasteiger partial charge in [0.15, 0.2) is 5.69 Å². The van der Waals surface area contributed by atoms with Crippen LogP contribution in [0.15, 0.2) is 42.7 Å². The molecule has 0 aliphatic carbocycles. The molecule has 0 radical (unpaired) electrons. The number of halogens is 1. The Labute approximate surface area is 115 Å². The van der Waals surface area contributed by atoms with Crippen LogP contribution < -0.4 is 4.74 Å². The molecule has 0 amide bonds. The van der Waals surface area contributed by atoms with Crippen molar-refractivity contribution in [1.29, 1.82) is 0 Å². The first-order valence-electron chi connectivity index (χ1n) is 5.58. The Bertz CT molecular complexity index is 549. The second kappa shape index (κ2) is 6.70. The van der Waals surface area contributed by atoms with E-state index >= 15 is 0 Å². The largest absolute Gasteiger partial charge is 0.490 e. The fourth-order valence-corrected chi connectivity index (χ4v) is 1.47. The summed E-state index contributed by atoms with van der Waals surface area (Å²) in [5.41, 5.74) is 0.0761. The van der Waals surface area contributed by atoms with E-state index in [0.29, 0.717) is 0 Å². The van der Waals surface area contributed by atoms with E-state index in [1.807, 2.05) is 30.3 Å². The highest BCUT2D eigenvalue weighted by atomic mass is 35.5. The first-order chi connectivity index (χ1) is 9.25. The molecule has 1 aromatic carbocycles. The molecule has 19 heavy (non-hydrogen) atoms. The van der Waals surface area contributed by atoms with E-state index in [1.54, 1.807) is 0 Å². The Morgan fingerprint density at radius 1 is 1.16 bits per heavy atom.